The Morgan fingerprint density at radius 2 is 1.60 bits per heavy atom. The summed E-state index contributed by atoms with van der Waals surface area (Å²) < 4.78 is 5.60. The molecule has 0 aliphatic heterocycles. The highest BCUT2D eigenvalue weighted by atomic mass is 32.1. The number of fused-ring (bicyclic) bond motifs is 3. The van der Waals surface area contributed by atoms with Gasteiger partial charge in [-0.2, -0.15) is 0 Å². The molecule has 2 aromatic carbocycles. The molecule has 1 saturated carbocycles. The van der Waals surface area contributed by atoms with Gasteiger partial charge in [-0.25, -0.2) is 9.59 Å². The van der Waals surface area contributed by atoms with Crippen LogP contribution in [0.4, 0.5) is 4.79 Å². The highest BCUT2D eigenvalue weighted by molar-refractivity contribution is 7.10. The molecule has 2 aliphatic rings. The highest BCUT2D eigenvalue weighted by Crippen LogP contribution is 2.44. The lowest BCUT2D eigenvalue weighted by Crippen LogP contribution is -2.47. The summed E-state index contributed by atoms with van der Waals surface area (Å²) in [5, 5.41) is 16.6. The summed E-state index contributed by atoms with van der Waals surface area (Å²) >= 11 is 1.31. The van der Waals surface area contributed by atoms with E-state index in [1.807, 2.05) is 36.4 Å². The molecule has 2 amide bonds. The van der Waals surface area contributed by atoms with E-state index in [0.29, 0.717) is 17.2 Å². The van der Waals surface area contributed by atoms with E-state index in [9.17, 15) is 19.5 Å². The van der Waals surface area contributed by atoms with Crippen LogP contribution in [-0.4, -0.2) is 35.7 Å². The van der Waals surface area contributed by atoms with Gasteiger partial charge in [0.1, 0.15) is 18.7 Å². The van der Waals surface area contributed by atoms with Crippen molar-refractivity contribution in [3.05, 3.63) is 82.0 Å². The molecule has 2 atom stereocenters. The van der Waals surface area contributed by atoms with Crippen molar-refractivity contribution in [1.82, 2.24) is 10.6 Å². The van der Waals surface area contributed by atoms with Gasteiger partial charge in [0.15, 0.2) is 0 Å². The molecule has 2 aliphatic carbocycles. The van der Waals surface area contributed by atoms with E-state index in [1.54, 1.807) is 17.5 Å². The van der Waals surface area contributed by atoms with Crippen LogP contribution in [0.5, 0.6) is 0 Å². The molecule has 0 spiro atoms. The van der Waals surface area contributed by atoms with Gasteiger partial charge in [-0.1, -0.05) is 67.4 Å². The molecule has 3 N–H and O–H groups in total. The summed E-state index contributed by atoms with van der Waals surface area (Å²) in [7, 11) is 0. The molecule has 0 radical (unpaired) electrons. The number of carboxylic acid groups (broad SMARTS) is 1. The predicted molar refractivity (Wildman–Crippen MR) is 132 cm³/mol. The average Bonchev–Trinajstić information content (AvgIpc) is 3.40. The van der Waals surface area contributed by atoms with Gasteiger partial charge in [0.05, 0.1) is 0 Å². The summed E-state index contributed by atoms with van der Waals surface area (Å²) in [4.78, 5) is 38.1. The third kappa shape index (κ3) is 5.07. The van der Waals surface area contributed by atoms with Crippen molar-refractivity contribution in [3.63, 3.8) is 0 Å². The number of carbonyl (C=O) groups is 3. The zero-order chi connectivity index (χ0) is 24.4. The van der Waals surface area contributed by atoms with Crippen LogP contribution in [0.1, 0.15) is 47.2 Å². The Kier molecular flexibility index (Phi) is 6.55. The summed E-state index contributed by atoms with van der Waals surface area (Å²) in [6.45, 7) is 0.123. The molecule has 5 rings (SSSR count). The first-order valence-electron chi connectivity index (χ1n) is 11.7. The third-order valence-corrected chi connectivity index (χ3v) is 7.51. The number of nitrogens with one attached hydrogen (secondary N) is 2. The van der Waals surface area contributed by atoms with Gasteiger partial charge in [-0.05, 0) is 46.0 Å². The van der Waals surface area contributed by atoms with Crippen LogP contribution in [-0.2, 0) is 14.3 Å². The molecule has 0 bridgehead atoms. The molecule has 8 heteroatoms. The van der Waals surface area contributed by atoms with Gasteiger partial charge in [0.25, 0.3) is 0 Å². The monoisotopic (exact) mass is 490 g/mol. The zero-order valence-electron chi connectivity index (χ0n) is 19.0. The van der Waals surface area contributed by atoms with Crippen molar-refractivity contribution in [2.75, 3.05) is 6.61 Å². The highest BCUT2D eigenvalue weighted by Gasteiger charge is 2.34. The Labute approximate surface area is 207 Å². The maximum absolute atomic E-state index is 13.0. The van der Waals surface area contributed by atoms with Crippen molar-refractivity contribution in [1.29, 1.82) is 0 Å². The second-order valence-corrected chi connectivity index (χ2v) is 9.98. The van der Waals surface area contributed by atoms with Gasteiger partial charge in [-0.3, -0.25) is 4.79 Å². The standard InChI is InChI=1S/C27H26N2O5S/c30-25(28-22(26(31)32)14-16-11-12-16)24(23-10-5-13-35-23)29-27(33)34-15-21-19-8-3-1-6-17(19)18-7-2-4-9-20(18)21/h1-10,13,16,21-22,24H,11-12,14-15H2,(H,28,30)(H,29,33)(H,31,32)/t22-,24?/m0/s1. The van der Waals surface area contributed by atoms with E-state index in [-0.39, 0.29) is 12.5 Å². The van der Waals surface area contributed by atoms with Gasteiger partial charge < -0.3 is 20.5 Å². The first kappa shape index (κ1) is 23.1. The van der Waals surface area contributed by atoms with Crippen LogP contribution in [0.25, 0.3) is 11.1 Å². The molecule has 1 unspecified atom stereocenters. The molecule has 1 heterocycles. The number of ether oxygens (including phenoxy) is 1. The van der Waals surface area contributed by atoms with Crippen molar-refractivity contribution >= 4 is 29.3 Å². The van der Waals surface area contributed by atoms with Crippen LogP contribution in [0.3, 0.4) is 0 Å². The van der Waals surface area contributed by atoms with Crippen LogP contribution in [0.2, 0.25) is 0 Å². The fourth-order valence-electron chi connectivity index (χ4n) is 4.64. The lowest BCUT2D eigenvalue weighted by molar-refractivity contribution is -0.142. The SMILES string of the molecule is O=C(NC(C(=O)N[C@@H](CC1CC1)C(=O)O)c1cccs1)OCC1c2ccccc2-c2ccccc21. The first-order valence-corrected chi connectivity index (χ1v) is 12.6. The van der Waals surface area contributed by atoms with Crippen molar-refractivity contribution in [3.8, 4) is 11.1 Å². The summed E-state index contributed by atoms with van der Waals surface area (Å²) in [6.07, 6.45) is 1.62. The number of hydrogen-bond donors (Lipinski definition) is 3. The molecule has 1 aromatic heterocycles. The van der Waals surface area contributed by atoms with Crippen LogP contribution in [0, 0.1) is 5.92 Å². The Hall–Kier alpha value is -3.65. The lowest BCUT2D eigenvalue weighted by Gasteiger charge is -2.21. The Morgan fingerprint density at radius 1 is 0.943 bits per heavy atom. The van der Waals surface area contributed by atoms with E-state index in [1.165, 1.54) is 11.3 Å². The van der Waals surface area contributed by atoms with Gasteiger partial charge in [-0.15, -0.1) is 11.3 Å². The molecular formula is C27H26N2O5S. The minimum atomic E-state index is -1.07. The molecular weight excluding hydrogens is 464 g/mol. The minimum absolute atomic E-state index is 0.0999. The number of thiophene rings is 1. The number of alkyl carbamates (subject to hydrolysis) is 1. The summed E-state index contributed by atoms with van der Waals surface area (Å²) in [5.74, 6) is -1.41. The topological polar surface area (TPSA) is 105 Å². The predicted octanol–water partition coefficient (Wildman–Crippen LogP) is 4.70. The number of aliphatic carboxylic acids is 1. The van der Waals surface area contributed by atoms with E-state index in [0.717, 1.165) is 35.1 Å². The lowest BCUT2D eigenvalue weighted by atomic mass is 9.98. The van der Waals surface area contributed by atoms with Crippen LogP contribution in [0.15, 0.2) is 66.0 Å². The normalized spacial score (nSPS) is 16.0. The molecule has 3 aromatic rings. The molecule has 0 saturated heterocycles. The van der Waals surface area contributed by atoms with Crippen molar-refractivity contribution < 1.29 is 24.2 Å². The maximum atomic E-state index is 13.0. The summed E-state index contributed by atoms with van der Waals surface area (Å²) in [6, 6.07) is 17.6. The number of carboxylic acids is 1. The second kappa shape index (κ2) is 9.92. The minimum Gasteiger partial charge on any atom is -0.480 e. The Balaban J connectivity index is 1.27. The quantitative estimate of drug-likeness (QED) is 0.403. The first-order chi connectivity index (χ1) is 17.0. The van der Waals surface area contributed by atoms with E-state index in [4.69, 9.17) is 4.74 Å². The largest absolute Gasteiger partial charge is 0.480 e. The second-order valence-electron chi connectivity index (χ2n) is 9.00. The number of benzene rings is 2. The van der Waals surface area contributed by atoms with Gasteiger partial charge >= 0.3 is 12.1 Å². The van der Waals surface area contributed by atoms with Crippen molar-refractivity contribution in [2.24, 2.45) is 5.92 Å². The van der Waals surface area contributed by atoms with Crippen molar-refractivity contribution in [2.45, 2.75) is 37.3 Å². The van der Waals surface area contributed by atoms with Gasteiger partial charge in [0, 0.05) is 10.8 Å². The molecule has 180 valence electrons. The fraction of sp³-hybridized carbons (Fsp3) is 0.296. The molecule has 35 heavy (non-hydrogen) atoms. The van der Waals surface area contributed by atoms with E-state index < -0.39 is 30.1 Å². The molecule has 1 fully saturated rings. The average molecular weight is 491 g/mol. The molecule has 7 nitrogen and oxygen atoms in total. The number of hydrogen-bond acceptors (Lipinski definition) is 5. The van der Waals surface area contributed by atoms with Crippen LogP contribution < -0.4 is 10.6 Å². The number of amides is 2. The van der Waals surface area contributed by atoms with Crippen LogP contribution >= 0.6 is 11.3 Å². The summed E-state index contributed by atoms with van der Waals surface area (Å²) in [5.41, 5.74) is 4.45. The number of carbonyl (C=O) groups excluding carboxylic acids is 2. The Bertz CT molecular complexity index is 1190. The smallest absolute Gasteiger partial charge is 0.408 e. The van der Waals surface area contributed by atoms with E-state index >= 15 is 0 Å². The zero-order valence-corrected chi connectivity index (χ0v) is 19.8. The van der Waals surface area contributed by atoms with Gasteiger partial charge in [0.2, 0.25) is 5.91 Å². The third-order valence-electron chi connectivity index (χ3n) is 6.58. The van der Waals surface area contributed by atoms with E-state index in [2.05, 4.69) is 22.8 Å². The fourth-order valence-corrected chi connectivity index (χ4v) is 5.42. The Morgan fingerprint density at radius 3 is 2.17 bits per heavy atom. The number of rotatable bonds is 9. The maximum Gasteiger partial charge on any atom is 0.408 e.